The Bertz CT molecular complexity index is 963. The number of ether oxygens (including phenoxy) is 1. The maximum Gasteiger partial charge on any atom is 0.233 e. The van der Waals surface area contributed by atoms with Gasteiger partial charge >= 0.3 is 0 Å². The lowest BCUT2D eigenvalue weighted by Crippen LogP contribution is -2.42. The van der Waals surface area contributed by atoms with Gasteiger partial charge in [0.1, 0.15) is 11.5 Å². The predicted molar refractivity (Wildman–Crippen MR) is 122 cm³/mol. The zero-order valence-electron chi connectivity index (χ0n) is 16.8. The fourth-order valence-corrected chi connectivity index (χ4v) is 5.01. The van der Waals surface area contributed by atoms with Crippen LogP contribution in [0.5, 0.6) is 11.5 Å². The minimum Gasteiger partial charge on any atom is -0.457 e. The Morgan fingerprint density at radius 2 is 1.90 bits per heavy atom. The Balaban J connectivity index is 1.28. The predicted octanol–water partition coefficient (Wildman–Crippen LogP) is 5.57. The molecule has 0 spiro atoms. The first-order valence-corrected chi connectivity index (χ1v) is 11.8. The first kappa shape index (κ1) is 20.7. The van der Waals surface area contributed by atoms with Crippen LogP contribution in [0.2, 0.25) is 0 Å². The summed E-state index contributed by atoms with van der Waals surface area (Å²) in [7, 11) is 0. The third-order valence-electron chi connectivity index (χ3n) is 4.93. The maximum atomic E-state index is 12.5. The van der Waals surface area contributed by atoms with Crippen LogP contribution in [0.1, 0.15) is 26.2 Å². The number of hydrogen-bond donors (Lipinski definition) is 1. The van der Waals surface area contributed by atoms with E-state index in [0.29, 0.717) is 16.9 Å². The second-order valence-corrected chi connectivity index (χ2v) is 9.36. The fraction of sp³-hybridized carbons (Fsp3) is 0.318. The van der Waals surface area contributed by atoms with Gasteiger partial charge in [0.2, 0.25) is 11.0 Å². The molecule has 6 nitrogen and oxygen atoms in total. The van der Waals surface area contributed by atoms with E-state index < -0.39 is 0 Å². The minimum absolute atomic E-state index is 0.186. The number of benzene rings is 2. The number of nitrogens with zero attached hydrogens (tertiary/aromatic N) is 3. The molecule has 1 aliphatic heterocycles. The van der Waals surface area contributed by atoms with Gasteiger partial charge in [-0.3, -0.25) is 4.79 Å². The van der Waals surface area contributed by atoms with Crippen molar-refractivity contribution < 1.29 is 9.53 Å². The number of amides is 1. The molecule has 0 aliphatic carbocycles. The number of piperidine rings is 1. The van der Waals surface area contributed by atoms with E-state index >= 15 is 0 Å². The van der Waals surface area contributed by atoms with Gasteiger partial charge in [-0.15, -0.1) is 10.2 Å². The molecule has 30 heavy (non-hydrogen) atoms. The summed E-state index contributed by atoms with van der Waals surface area (Å²) in [6, 6.07) is 17.7. The molecule has 0 saturated carbocycles. The van der Waals surface area contributed by atoms with Gasteiger partial charge in [0, 0.05) is 18.3 Å². The molecule has 1 unspecified atom stereocenters. The molecule has 1 N–H and O–H groups in total. The molecule has 2 heterocycles. The average Bonchev–Trinajstić information content (AvgIpc) is 3.22. The number of hydrogen-bond acceptors (Lipinski definition) is 7. The Labute approximate surface area is 184 Å². The molecule has 1 fully saturated rings. The molecule has 0 bridgehead atoms. The van der Waals surface area contributed by atoms with Crippen LogP contribution in [0, 0.1) is 0 Å². The molecule has 0 radical (unpaired) electrons. The smallest absolute Gasteiger partial charge is 0.233 e. The summed E-state index contributed by atoms with van der Waals surface area (Å²) in [6.07, 6.45) is 3.41. The lowest BCUT2D eigenvalue weighted by Gasteiger charge is -2.33. The van der Waals surface area contributed by atoms with Crippen LogP contribution in [0.25, 0.3) is 0 Å². The molecule has 1 atom stereocenters. The Morgan fingerprint density at radius 1 is 1.13 bits per heavy atom. The number of anilines is 2. The van der Waals surface area contributed by atoms with Crippen molar-refractivity contribution in [3.05, 3.63) is 54.6 Å². The van der Waals surface area contributed by atoms with Crippen molar-refractivity contribution in [3.8, 4) is 11.5 Å². The molecule has 2 aromatic carbocycles. The minimum atomic E-state index is 0.186. The summed E-state index contributed by atoms with van der Waals surface area (Å²) in [6.45, 7) is 3.00. The van der Waals surface area contributed by atoms with Gasteiger partial charge in [-0.1, -0.05) is 41.3 Å². The lowest BCUT2D eigenvalue weighted by molar-refractivity contribution is -0.131. The van der Waals surface area contributed by atoms with Gasteiger partial charge < -0.3 is 15.0 Å². The Kier molecular flexibility index (Phi) is 6.86. The van der Waals surface area contributed by atoms with E-state index in [2.05, 4.69) is 22.4 Å². The molecule has 1 saturated heterocycles. The Morgan fingerprint density at radius 3 is 2.67 bits per heavy atom. The van der Waals surface area contributed by atoms with Crippen molar-refractivity contribution in [2.45, 2.75) is 36.6 Å². The van der Waals surface area contributed by atoms with Crippen molar-refractivity contribution in [2.24, 2.45) is 0 Å². The third kappa shape index (κ3) is 5.52. The zero-order chi connectivity index (χ0) is 20.8. The summed E-state index contributed by atoms with van der Waals surface area (Å²) < 4.78 is 6.60. The van der Waals surface area contributed by atoms with Crippen molar-refractivity contribution in [3.63, 3.8) is 0 Å². The monoisotopic (exact) mass is 440 g/mol. The number of carbonyl (C=O) groups excluding carboxylic acids is 1. The van der Waals surface area contributed by atoms with E-state index in [1.165, 1.54) is 29.5 Å². The van der Waals surface area contributed by atoms with Crippen LogP contribution in [0.15, 0.2) is 58.9 Å². The van der Waals surface area contributed by atoms with E-state index in [4.69, 9.17) is 4.74 Å². The van der Waals surface area contributed by atoms with Gasteiger partial charge in [0.25, 0.3) is 0 Å². The van der Waals surface area contributed by atoms with E-state index in [1.807, 2.05) is 59.5 Å². The number of nitrogens with one attached hydrogen (secondary N) is 1. The summed E-state index contributed by atoms with van der Waals surface area (Å²) in [5.41, 5.74) is 0.904. The number of thioether (sulfide) groups is 1. The van der Waals surface area contributed by atoms with Gasteiger partial charge in [0.05, 0.1) is 5.75 Å². The average molecular weight is 441 g/mol. The molecule has 8 heteroatoms. The first-order valence-electron chi connectivity index (χ1n) is 10.0. The number of likely N-dealkylation sites (tertiary alicyclic amines) is 1. The van der Waals surface area contributed by atoms with Crippen LogP contribution in [0.3, 0.4) is 0 Å². The van der Waals surface area contributed by atoms with Crippen LogP contribution in [-0.4, -0.2) is 39.3 Å². The second kappa shape index (κ2) is 9.95. The number of para-hydroxylation sites is 1. The lowest BCUT2D eigenvalue weighted by atomic mass is 10.0. The standard InChI is InChI=1S/C22H24N4O2S2/c1-16-7-5-6-14-26(16)20(27)15-29-22-25-24-21(30-22)23-17-10-12-19(13-11-17)28-18-8-3-2-4-9-18/h2-4,8-13,16H,5-7,14-15H2,1H3,(H,23,24). The maximum absolute atomic E-state index is 12.5. The van der Waals surface area contributed by atoms with Crippen molar-refractivity contribution >= 4 is 39.8 Å². The van der Waals surface area contributed by atoms with E-state index in [-0.39, 0.29) is 5.91 Å². The van der Waals surface area contributed by atoms with Gasteiger partial charge in [-0.2, -0.15) is 0 Å². The summed E-state index contributed by atoms with van der Waals surface area (Å²) >= 11 is 2.90. The van der Waals surface area contributed by atoms with Gasteiger partial charge in [0.15, 0.2) is 4.34 Å². The number of rotatable bonds is 7. The van der Waals surface area contributed by atoms with Crippen LogP contribution in [-0.2, 0) is 4.79 Å². The number of aromatic nitrogens is 2. The SMILES string of the molecule is CC1CCCCN1C(=O)CSc1nnc(Nc2ccc(Oc3ccccc3)cc2)s1. The quantitative estimate of drug-likeness (QED) is 0.485. The Hall–Kier alpha value is -2.58. The van der Waals surface area contributed by atoms with Crippen molar-refractivity contribution in [1.82, 2.24) is 15.1 Å². The van der Waals surface area contributed by atoms with Crippen LogP contribution in [0.4, 0.5) is 10.8 Å². The molecule has 156 valence electrons. The van der Waals surface area contributed by atoms with Crippen LogP contribution < -0.4 is 10.1 Å². The summed E-state index contributed by atoms with van der Waals surface area (Å²) in [5, 5.41) is 12.3. The zero-order valence-corrected chi connectivity index (χ0v) is 18.4. The summed E-state index contributed by atoms with van der Waals surface area (Å²) in [4.78, 5) is 14.5. The topological polar surface area (TPSA) is 67.4 Å². The van der Waals surface area contributed by atoms with E-state index in [9.17, 15) is 4.79 Å². The normalized spacial score (nSPS) is 16.3. The molecular formula is C22H24N4O2S2. The molecular weight excluding hydrogens is 416 g/mol. The largest absolute Gasteiger partial charge is 0.457 e. The molecule has 4 rings (SSSR count). The highest BCUT2D eigenvalue weighted by atomic mass is 32.2. The van der Waals surface area contributed by atoms with E-state index in [1.54, 1.807) is 0 Å². The molecule has 3 aromatic rings. The highest BCUT2D eigenvalue weighted by Crippen LogP contribution is 2.29. The molecule has 1 aliphatic rings. The number of carbonyl (C=O) groups is 1. The van der Waals surface area contributed by atoms with Crippen LogP contribution >= 0.6 is 23.1 Å². The van der Waals surface area contributed by atoms with Gasteiger partial charge in [-0.05, 0) is 62.6 Å². The molecule has 1 aromatic heterocycles. The van der Waals surface area contributed by atoms with Gasteiger partial charge in [-0.25, -0.2) is 0 Å². The highest BCUT2D eigenvalue weighted by molar-refractivity contribution is 8.01. The summed E-state index contributed by atoms with van der Waals surface area (Å²) in [5.74, 6) is 2.17. The van der Waals surface area contributed by atoms with E-state index in [0.717, 1.165) is 40.9 Å². The molecule has 1 amide bonds. The second-order valence-electron chi connectivity index (χ2n) is 7.16. The van der Waals surface area contributed by atoms with Crippen molar-refractivity contribution in [2.75, 3.05) is 17.6 Å². The van der Waals surface area contributed by atoms with Crippen molar-refractivity contribution in [1.29, 1.82) is 0 Å². The first-order chi connectivity index (χ1) is 14.7. The third-order valence-corrected chi connectivity index (χ3v) is 6.89. The fourth-order valence-electron chi connectivity index (χ4n) is 3.35. The highest BCUT2D eigenvalue weighted by Gasteiger charge is 2.23.